The maximum absolute atomic E-state index is 12.5. The summed E-state index contributed by atoms with van der Waals surface area (Å²) in [5.41, 5.74) is 0. The summed E-state index contributed by atoms with van der Waals surface area (Å²) in [6.07, 6.45) is 0. The fourth-order valence-electron chi connectivity index (χ4n) is 0.573. The van der Waals surface area contributed by atoms with E-state index in [1.807, 2.05) is 0 Å². The minimum Gasteiger partial charge on any atom is -0.204 e. The van der Waals surface area contributed by atoms with Crippen molar-refractivity contribution < 1.29 is 13.2 Å². The molecule has 0 aliphatic carbocycles. The molecule has 1 aromatic rings. The second kappa shape index (κ2) is 2.98. The maximum Gasteiger partial charge on any atom is 0.195 e. The lowest BCUT2D eigenvalue weighted by Crippen LogP contribution is -1.92. The molecular formula is C6H3F3S2. The molecule has 0 atom stereocenters. The van der Waals surface area contributed by atoms with Gasteiger partial charge < -0.3 is 0 Å². The highest BCUT2D eigenvalue weighted by molar-refractivity contribution is 7.83. The van der Waals surface area contributed by atoms with Gasteiger partial charge in [-0.3, -0.25) is 0 Å². The lowest BCUT2D eigenvalue weighted by molar-refractivity contribution is 0.430. The summed E-state index contributed by atoms with van der Waals surface area (Å²) in [5.74, 6) is -4.09. The second-order valence-electron chi connectivity index (χ2n) is 1.85. The quantitative estimate of drug-likeness (QED) is 0.462. The molecule has 11 heavy (non-hydrogen) atoms. The average molecular weight is 196 g/mol. The molecule has 0 fully saturated rings. The molecule has 60 valence electrons. The van der Waals surface area contributed by atoms with Crippen LogP contribution in [0.25, 0.3) is 0 Å². The number of thiol groups is 2. The Bertz CT molecular complexity index is 272. The van der Waals surface area contributed by atoms with E-state index in [-0.39, 0.29) is 9.79 Å². The molecule has 0 unspecified atom stereocenters. The molecule has 0 spiro atoms. The Morgan fingerprint density at radius 2 is 1.55 bits per heavy atom. The van der Waals surface area contributed by atoms with Gasteiger partial charge in [-0.15, -0.1) is 25.3 Å². The van der Waals surface area contributed by atoms with E-state index in [9.17, 15) is 13.2 Å². The monoisotopic (exact) mass is 196 g/mol. The van der Waals surface area contributed by atoms with Gasteiger partial charge in [0.05, 0.1) is 4.90 Å². The Balaban J connectivity index is 3.46. The Hall–Kier alpha value is -0.290. The van der Waals surface area contributed by atoms with Crippen molar-refractivity contribution in [3.05, 3.63) is 23.5 Å². The average Bonchev–Trinajstić information content (AvgIpc) is 1.97. The SMILES string of the molecule is Fc1cc(S)c(S)c(F)c1F. The van der Waals surface area contributed by atoms with Gasteiger partial charge in [0.1, 0.15) is 0 Å². The van der Waals surface area contributed by atoms with Gasteiger partial charge in [0.2, 0.25) is 0 Å². The summed E-state index contributed by atoms with van der Waals surface area (Å²) < 4.78 is 37.2. The van der Waals surface area contributed by atoms with Crippen LogP contribution in [0.4, 0.5) is 13.2 Å². The van der Waals surface area contributed by atoms with Crippen molar-refractivity contribution in [3.63, 3.8) is 0 Å². The van der Waals surface area contributed by atoms with Crippen molar-refractivity contribution in [1.29, 1.82) is 0 Å². The maximum atomic E-state index is 12.5. The van der Waals surface area contributed by atoms with Gasteiger partial charge >= 0.3 is 0 Å². The van der Waals surface area contributed by atoms with Crippen LogP contribution in [0.15, 0.2) is 15.9 Å². The third-order valence-electron chi connectivity index (χ3n) is 1.12. The predicted octanol–water partition coefficient (Wildman–Crippen LogP) is 2.68. The van der Waals surface area contributed by atoms with Crippen molar-refractivity contribution in [2.45, 2.75) is 9.79 Å². The van der Waals surface area contributed by atoms with Gasteiger partial charge in [-0.2, -0.15) is 0 Å². The van der Waals surface area contributed by atoms with E-state index in [1.54, 1.807) is 0 Å². The zero-order valence-corrected chi connectivity index (χ0v) is 6.89. The third kappa shape index (κ3) is 1.49. The molecule has 0 saturated heterocycles. The molecular weight excluding hydrogens is 193 g/mol. The summed E-state index contributed by atoms with van der Waals surface area (Å²) >= 11 is 7.23. The van der Waals surface area contributed by atoms with Gasteiger partial charge in [-0.1, -0.05) is 0 Å². The van der Waals surface area contributed by atoms with Crippen LogP contribution in [0.3, 0.4) is 0 Å². The van der Waals surface area contributed by atoms with E-state index in [2.05, 4.69) is 25.3 Å². The van der Waals surface area contributed by atoms with E-state index in [0.29, 0.717) is 0 Å². The van der Waals surface area contributed by atoms with Crippen molar-refractivity contribution in [2.24, 2.45) is 0 Å². The summed E-state index contributed by atoms with van der Waals surface area (Å²) in [7, 11) is 0. The third-order valence-corrected chi connectivity index (χ3v) is 2.08. The first-order valence-corrected chi connectivity index (χ1v) is 3.49. The van der Waals surface area contributed by atoms with Crippen LogP contribution < -0.4 is 0 Å². The van der Waals surface area contributed by atoms with Crippen LogP contribution in [-0.2, 0) is 0 Å². The van der Waals surface area contributed by atoms with E-state index in [4.69, 9.17) is 0 Å². The minimum atomic E-state index is -1.52. The summed E-state index contributed by atoms with van der Waals surface area (Å²) in [6.45, 7) is 0. The Labute approximate surface area is 72.2 Å². The standard InChI is InChI=1S/C6H3F3S2/c7-2-1-3(10)6(11)5(9)4(2)8/h1,10-11H. The Kier molecular flexibility index (Phi) is 2.39. The van der Waals surface area contributed by atoms with Crippen molar-refractivity contribution in [2.75, 3.05) is 0 Å². The Morgan fingerprint density at radius 1 is 1.00 bits per heavy atom. The highest BCUT2D eigenvalue weighted by atomic mass is 32.1. The van der Waals surface area contributed by atoms with Crippen molar-refractivity contribution in [1.82, 2.24) is 0 Å². The lowest BCUT2D eigenvalue weighted by atomic mass is 10.3. The van der Waals surface area contributed by atoms with Crippen LogP contribution in [-0.4, -0.2) is 0 Å². The number of halogens is 3. The normalized spacial score (nSPS) is 10.3. The molecule has 0 heterocycles. The van der Waals surface area contributed by atoms with Gasteiger partial charge in [0.15, 0.2) is 17.5 Å². The number of rotatable bonds is 0. The summed E-state index contributed by atoms with van der Waals surface area (Å²) in [6, 6.07) is 0.768. The van der Waals surface area contributed by atoms with E-state index in [0.717, 1.165) is 6.07 Å². The zero-order chi connectivity index (χ0) is 8.59. The molecule has 0 aliphatic heterocycles. The molecule has 0 nitrogen and oxygen atoms in total. The molecule has 0 bridgehead atoms. The van der Waals surface area contributed by atoms with Gasteiger partial charge in [-0.05, 0) is 6.07 Å². The number of hydrogen-bond donors (Lipinski definition) is 2. The van der Waals surface area contributed by atoms with E-state index in [1.165, 1.54) is 0 Å². The largest absolute Gasteiger partial charge is 0.204 e. The molecule has 0 radical (unpaired) electrons. The fourth-order valence-corrected chi connectivity index (χ4v) is 0.947. The topological polar surface area (TPSA) is 0 Å². The molecule has 1 aromatic carbocycles. The van der Waals surface area contributed by atoms with Crippen LogP contribution in [0.2, 0.25) is 0 Å². The molecule has 0 N–H and O–H groups in total. The first kappa shape index (κ1) is 8.80. The lowest BCUT2D eigenvalue weighted by Gasteiger charge is -2.00. The Morgan fingerprint density at radius 3 is 2.09 bits per heavy atom. The van der Waals surface area contributed by atoms with Crippen LogP contribution in [0.1, 0.15) is 0 Å². The van der Waals surface area contributed by atoms with Crippen LogP contribution in [0.5, 0.6) is 0 Å². The summed E-state index contributed by atoms with van der Waals surface area (Å²) in [5, 5.41) is 0. The molecule has 0 aromatic heterocycles. The molecule has 1 rings (SSSR count). The second-order valence-corrected chi connectivity index (χ2v) is 2.78. The number of benzene rings is 1. The molecule has 5 heteroatoms. The van der Waals surface area contributed by atoms with E-state index < -0.39 is 17.5 Å². The van der Waals surface area contributed by atoms with E-state index >= 15 is 0 Å². The summed E-state index contributed by atoms with van der Waals surface area (Å²) in [4.78, 5) is -0.308. The van der Waals surface area contributed by atoms with Crippen molar-refractivity contribution >= 4 is 25.3 Å². The zero-order valence-electron chi connectivity index (χ0n) is 5.11. The minimum absolute atomic E-state index is 0.0234. The fraction of sp³-hybridized carbons (Fsp3) is 0. The smallest absolute Gasteiger partial charge is 0.195 e. The first-order chi connectivity index (χ1) is 5.04. The van der Waals surface area contributed by atoms with Crippen LogP contribution >= 0.6 is 25.3 Å². The van der Waals surface area contributed by atoms with Gasteiger partial charge in [0, 0.05) is 4.90 Å². The highest BCUT2D eigenvalue weighted by Gasteiger charge is 2.13. The molecule has 0 amide bonds. The van der Waals surface area contributed by atoms with Crippen LogP contribution in [0, 0.1) is 17.5 Å². The first-order valence-electron chi connectivity index (χ1n) is 2.59. The number of hydrogen-bond acceptors (Lipinski definition) is 2. The van der Waals surface area contributed by atoms with Crippen molar-refractivity contribution in [3.8, 4) is 0 Å². The molecule has 0 aliphatic rings. The predicted molar refractivity (Wildman–Crippen MR) is 40.8 cm³/mol. The van der Waals surface area contributed by atoms with Gasteiger partial charge in [-0.25, -0.2) is 13.2 Å². The highest BCUT2D eigenvalue weighted by Crippen LogP contribution is 2.25. The van der Waals surface area contributed by atoms with Gasteiger partial charge in [0.25, 0.3) is 0 Å². The molecule has 0 saturated carbocycles.